The molecule has 2 aliphatic heterocycles. The molecular weight excluding hydrogens is 399 g/mol. The summed E-state index contributed by atoms with van der Waals surface area (Å²) in [6.07, 6.45) is 3.16. The van der Waals surface area contributed by atoms with Crippen molar-refractivity contribution in [2.75, 3.05) is 24.2 Å². The van der Waals surface area contributed by atoms with Crippen molar-refractivity contribution in [3.8, 4) is 11.3 Å². The van der Waals surface area contributed by atoms with Crippen molar-refractivity contribution < 1.29 is 0 Å². The first-order chi connectivity index (χ1) is 11.9. The third kappa shape index (κ3) is 3.58. The van der Waals surface area contributed by atoms with Gasteiger partial charge >= 0.3 is 0 Å². The molecule has 2 fully saturated rings. The largest absolute Gasteiger partial charge is 0.335 e. The second-order valence-electron chi connectivity index (χ2n) is 6.31. The number of aromatic nitrogens is 2. The fraction of sp³-hybridized carbons (Fsp3) is 0.412. The molecule has 2 aliphatic rings. The molecule has 2 unspecified atom stereocenters. The average molecular weight is 416 g/mol. The van der Waals surface area contributed by atoms with E-state index in [1.165, 1.54) is 4.90 Å². The predicted molar refractivity (Wildman–Crippen MR) is 106 cm³/mol. The Morgan fingerprint density at radius 1 is 1.20 bits per heavy atom. The van der Waals surface area contributed by atoms with Crippen LogP contribution in [0.15, 0.2) is 35.2 Å². The van der Waals surface area contributed by atoms with Crippen molar-refractivity contribution in [1.82, 2.24) is 15.3 Å². The highest BCUT2D eigenvalue weighted by Gasteiger charge is 2.39. The number of anilines is 1. The maximum Gasteiger partial charge on any atom is 0.232 e. The molecule has 8 heteroatoms. The molecule has 2 bridgehead atoms. The lowest BCUT2D eigenvalue weighted by Crippen LogP contribution is -2.44. The lowest BCUT2D eigenvalue weighted by molar-refractivity contribution is 0.571. The van der Waals surface area contributed by atoms with Gasteiger partial charge in [0.15, 0.2) is 0 Å². The van der Waals surface area contributed by atoms with Crippen LogP contribution in [0.2, 0.25) is 0 Å². The Balaban J connectivity index is 1.76. The monoisotopic (exact) mass is 414 g/mol. The van der Waals surface area contributed by atoms with Gasteiger partial charge in [0.25, 0.3) is 0 Å². The van der Waals surface area contributed by atoms with Crippen LogP contribution in [-0.2, 0) is 3.79 Å². The predicted octanol–water partition coefficient (Wildman–Crippen LogP) is 4.24. The fourth-order valence-electron chi connectivity index (χ4n) is 3.42. The topological polar surface area (TPSA) is 41.1 Å². The third-order valence-electron chi connectivity index (χ3n) is 4.70. The number of piperazine rings is 1. The fourth-order valence-corrected chi connectivity index (χ4v) is 4.12. The van der Waals surface area contributed by atoms with Crippen molar-refractivity contribution in [2.24, 2.45) is 0 Å². The van der Waals surface area contributed by atoms with Crippen LogP contribution in [0.4, 0.5) is 5.95 Å². The summed E-state index contributed by atoms with van der Waals surface area (Å²) in [5.41, 5.74) is 2.16. The Morgan fingerprint density at radius 2 is 1.96 bits per heavy atom. The van der Waals surface area contributed by atoms with E-state index in [0.717, 1.165) is 30.8 Å². The third-order valence-corrected chi connectivity index (χ3v) is 6.03. The molecule has 2 saturated heterocycles. The number of nitrogens with zero attached hydrogens (tertiary/aromatic N) is 3. The Bertz CT molecular complexity index is 778. The van der Waals surface area contributed by atoms with Crippen LogP contribution >= 0.6 is 46.6 Å². The minimum atomic E-state index is -1.58. The van der Waals surface area contributed by atoms with E-state index >= 15 is 0 Å². The Morgan fingerprint density at radius 3 is 2.52 bits per heavy atom. The molecule has 0 spiro atoms. The molecule has 1 aromatic heterocycles. The molecule has 3 heterocycles. The normalized spacial score (nSPS) is 22.6. The summed E-state index contributed by atoms with van der Waals surface area (Å²) in [5, 5.41) is 3.48. The Hall–Kier alpha value is -0.720. The second kappa shape index (κ2) is 6.78. The minimum Gasteiger partial charge on any atom is -0.335 e. The van der Waals surface area contributed by atoms with Gasteiger partial charge in [-0.1, -0.05) is 46.9 Å². The minimum absolute atomic E-state index is 0.405. The summed E-state index contributed by atoms with van der Waals surface area (Å²) < 4.78 is -1.58. The zero-order valence-corrected chi connectivity index (χ0v) is 16.6. The van der Waals surface area contributed by atoms with E-state index < -0.39 is 3.79 Å². The van der Waals surface area contributed by atoms with Crippen molar-refractivity contribution in [3.05, 3.63) is 36.0 Å². The Kier molecular flexibility index (Phi) is 4.80. The first-order valence-corrected chi connectivity index (χ1v) is 10.4. The van der Waals surface area contributed by atoms with Crippen molar-refractivity contribution >= 4 is 52.5 Å². The van der Waals surface area contributed by atoms with Gasteiger partial charge in [-0.25, -0.2) is 9.97 Å². The van der Waals surface area contributed by atoms with Crippen LogP contribution in [0.5, 0.6) is 0 Å². The van der Waals surface area contributed by atoms with Crippen LogP contribution in [0.1, 0.15) is 12.1 Å². The molecule has 0 aliphatic carbocycles. The molecule has 132 valence electrons. The maximum absolute atomic E-state index is 6.13. The Labute approximate surface area is 166 Å². The van der Waals surface area contributed by atoms with Crippen molar-refractivity contribution in [1.29, 1.82) is 0 Å². The molecule has 4 rings (SSSR count). The summed E-state index contributed by atoms with van der Waals surface area (Å²) in [7, 11) is 0. The van der Waals surface area contributed by atoms with Crippen LogP contribution in [0.25, 0.3) is 11.3 Å². The molecule has 0 saturated carbocycles. The van der Waals surface area contributed by atoms with Gasteiger partial charge in [0.2, 0.25) is 9.74 Å². The zero-order valence-electron chi connectivity index (χ0n) is 13.5. The van der Waals surface area contributed by atoms with Gasteiger partial charge in [-0.15, -0.1) is 11.8 Å². The standard InChI is InChI=1S/C17H17Cl3N4S/c1-25-13-4-2-10(3-5-13)14-7-15(17(18,19)20)23-16(22-14)24-9-11-6-12(24)8-21-11/h2-5,7,11-12,21H,6,8-9H2,1H3. The summed E-state index contributed by atoms with van der Waals surface area (Å²) in [4.78, 5) is 12.7. The second-order valence-corrected chi connectivity index (χ2v) is 9.47. The van der Waals surface area contributed by atoms with E-state index in [1.54, 1.807) is 17.8 Å². The van der Waals surface area contributed by atoms with Gasteiger partial charge in [0, 0.05) is 35.6 Å². The van der Waals surface area contributed by atoms with Gasteiger partial charge in [-0.2, -0.15) is 0 Å². The first kappa shape index (κ1) is 17.7. The lowest BCUT2D eigenvalue weighted by atomic mass is 10.1. The molecule has 2 atom stereocenters. The number of thioether (sulfide) groups is 1. The SMILES string of the molecule is CSc1ccc(-c2cc(C(Cl)(Cl)Cl)nc(N3CC4CC3CN4)n2)cc1. The number of fused-ring (bicyclic) bond motifs is 2. The lowest BCUT2D eigenvalue weighted by Gasteiger charge is -2.28. The smallest absolute Gasteiger partial charge is 0.232 e. The molecule has 2 aromatic rings. The number of halogens is 3. The van der Waals surface area contributed by atoms with E-state index in [1.807, 2.05) is 12.1 Å². The molecule has 0 amide bonds. The van der Waals surface area contributed by atoms with Crippen LogP contribution in [0, 0.1) is 0 Å². The summed E-state index contributed by atoms with van der Waals surface area (Å²) in [6, 6.07) is 10.9. The molecule has 4 nitrogen and oxygen atoms in total. The number of alkyl halides is 3. The van der Waals surface area contributed by atoms with E-state index in [-0.39, 0.29) is 0 Å². The highest BCUT2D eigenvalue weighted by Crippen LogP contribution is 2.40. The highest BCUT2D eigenvalue weighted by atomic mass is 35.6. The van der Waals surface area contributed by atoms with Gasteiger partial charge in [0.05, 0.1) is 11.4 Å². The summed E-state index contributed by atoms with van der Waals surface area (Å²) in [5.74, 6) is 0.641. The van der Waals surface area contributed by atoms with Crippen LogP contribution < -0.4 is 10.2 Å². The van der Waals surface area contributed by atoms with Crippen molar-refractivity contribution in [2.45, 2.75) is 27.2 Å². The molecule has 1 N–H and O–H groups in total. The zero-order chi connectivity index (χ0) is 17.6. The molecular formula is C17H17Cl3N4S. The highest BCUT2D eigenvalue weighted by molar-refractivity contribution is 7.98. The van der Waals surface area contributed by atoms with Crippen LogP contribution in [-0.4, -0.2) is 41.4 Å². The summed E-state index contributed by atoms with van der Waals surface area (Å²) in [6.45, 7) is 1.84. The average Bonchev–Trinajstić information content (AvgIpc) is 3.24. The van der Waals surface area contributed by atoms with E-state index in [4.69, 9.17) is 39.8 Å². The first-order valence-electron chi connectivity index (χ1n) is 8.05. The molecule has 0 radical (unpaired) electrons. The molecule has 1 aromatic carbocycles. The molecule has 25 heavy (non-hydrogen) atoms. The number of hydrogen-bond donors (Lipinski definition) is 1. The van der Waals surface area contributed by atoms with E-state index in [2.05, 4.69) is 33.6 Å². The van der Waals surface area contributed by atoms with Gasteiger partial charge in [-0.3, -0.25) is 0 Å². The number of benzene rings is 1. The van der Waals surface area contributed by atoms with E-state index in [9.17, 15) is 0 Å². The number of hydrogen-bond acceptors (Lipinski definition) is 5. The quantitative estimate of drug-likeness (QED) is 0.600. The number of rotatable bonds is 3. The van der Waals surface area contributed by atoms with Crippen LogP contribution in [0.3, 0.4) is 0 Å². The van der Waals surface area contributed by atoms with Gasteiger partial charge in [0.1, 0.15) is 0 Å². The van der Waals surface area contributed by atoms with Crippen molar-refractivity contribution in [3.63, 3.8) is 0 Å². The maximum atomic E-state index is 6.13. The van der Waals surface area contributed by atoms with Gasteiger partial charge in [-0.05, 0) is 30.9 Å². The summed E-state index contributed by atoms with van der Waals surface area (Å²) >= 11 is 20.1. The number of nitrogens with one attached hydrogen (secondary N) is 1. The van der Waals surface area contributed by atoms with Gasteiger partial charge < -0.3 is 10.2 Å². The van der Waals surface area contributed by atoms with E-state index in [0.29, 0.717) is 23.7 Å².